The first-order valence-electron chi connectivity index (χ1n) is 11.9. The van der Waals surface area contributed by atoms with E-state index < -0.39 is 0 Å². The van der Waals surface area contributed by atoms with Crippen LogP contribution >= 0.6 is 0 Å². The smallest absolute Gasteiger partial charge is 0.212 e. The number of allylic oxidation sites excluding steroid dienone is 4. The predicted octanol–water partition coefficient (Wildman–Crippen LogP) is 3.95. The number of nitrogens with one attached hydrogen (secondary N) is 3. The highest BCUT2D eigenvalue weighted by Crippen LogP contribution is 2.24. The van der Waals surface area contributed by atoms with Crippen molar-refractivity contribution >= 4 is 17.5 Å². The molecule has 9 heteroatoms. The summed E-state index contributed by atoms with van der Waals surface area (Å²) in [7, 11) is 1.69. The number of aliphatic imine (C=N–C) groups is 1. The van der Waals surface area contributed by atoms with Gasteiger partial charge in [-0.15, -0.1) is 0 Å². The fourth-order valence-corrected chi connectivity index (χ4v) is 3.28. The molecule has 9 nitrogen and oxygen atoms in total. The minimum Gasteiger partial charge on any atom is -0.497 e. The molecule has 9 N–H and O–H groups in total. The summed E-state index contributed by atoms with van der Waals surface area (Å²) in [6.07, 6.45) is 15.3. The second-order valence-electron chi connectivity index (χ2n) is 7.77. The van der Waals surface area contributed by atoms with Crippen molar-refractivity contribution in [3.05, 3.63) is 35.3 Å². The molecular weight excluding hydrogens is 416 g/mol. The highest BCUT2D eigenvalue weighted by Gasteiger charge is 2.11. The Hall–Kier alpha value is -2.81. The van der Waals surface area contributed by atoms with Crippen molar-refractivity contribution in [3.8, 4) is 0 Å². The van der Waals surface area contributed by atoms with E-state index in [0.717, 1.165) is 48.4 Å². The Morgan fingerprint density at radius 1 is 1.06 bits per heavy atom. The van der Waals surface area contributed by atoms with Crippen molar-refractivity contribution < 1.29 is 4.74 Å². The maximum Gasteiger partial charge on any atom is 0.212 e. The van der Waals surface area contributed by atoms with E-state index in [9.17, 15) is 0 Å². The second kappa shape index (κ2) is 19.8. The number of rotatable bonds is 18. The molecule has 0 aliphatic carbocycles. The van der Waals surface area contributed by atoms with Crippen molar-refractivity contribution in [3.63, 3.8) is 0 Å². The molecule has 0 heterocycles. The first-order chi connectivity index (χ1) is 15.9. The predicted molar refractivity (Wildman–Crippen MR) is 141 cm³/mol. The molecule has 0 unspecified atom stereocenters. The third-order valence-electron chi connectivity index (χ3n) is 4.94. The molecule has 0 aromatic carbocycles. The number of amidine groups is 1. The van der Waals surface area contributed by atoms with Gasteiger partial charge in [-0.3, -0.25) is 5.41 Å². The Kier molecular flexibility index (Phi) is 18.2. The average molecular weight is 463 g/mol. The van der Waals surface area contributed by atoms with Gasteiger partial charge in [0.15, 0.2) is 0 Å². The molecule has 0 atom stereocenters. The van der Waals surface area contributed by atoms with Crippen LogP contribution in [0.15, 0.2) is 45.4 Å². The van der Waals surface area contributed by atoms with Gasteiger partial charge >= 0.3 is 0 Å². The number of nitrogens with zero attached hydrogens (tertiary/aromatic N) is 2. The summed E-state index contributed by atoms with van der Waals surface area (Å²) in [6.45, 7) is 7.25. The minimum atomic E-state index is -0.166. The number of hydrazone groups is 1. The molecule has 0 fully saturated rings. The molecule has 33 heavy (non-hydrogen) atoms. The minimum absolute atomic E-state index is 0.166. The molecule has 0 spiro atoms. The number of hydrogen-bond donors (Lipinski definition) is 6. The number of nitrogens with two attached hydrogens (primary N) is 3. The number of hydrogen-bond acceptors (Lipinski definition) is 6. The lowest BCUT2D eigenvalue weighted by Crippen LogP contribution is -2.21. The van der Waals surface area contributed by atoms with E-state index in [4.69, 9.17) is 27.5 Å². The summed E-state index contributed by atoms with van der Waals surface area (Å²) >= 11 is 0. The molecule has 0 aromatic heterocycles. The van der Waals surface area contributed by atoms with Gasteiger partial charge in [0.2, 0.25) is 5.96 Å². The van der Waals surface area contributed by atoms with Gasteiger partial charge in [0, 0.05) is 25.1 Å². The largest absolute Gasteiger partial charge is 0.497 e. The Morgan fingerprint density at radius 2 is 1.82 bits per heavy atom. The Labute approximate surface area is 200 Å². The van der Waals surface area contributed by atoms with Crippen LogP contribution in [0.3, 0.4) is 0 Å². The summed E-state index contributed by atoms with van der Waals surface area (Å²) in [5.41, 5.74) is 16.7. The SMILES string of the molecule is CC/C=C(OC)\C(=C/CC/C(N)=N/NN)C/C(=C\NCCCCCC)C/C(CC)=N\C(=N)N. The zero-order valence-electron chi connectivity index (χ0n) is 21.0. The standard InChI is InChI=1S/C24H46N8O/c1-5-8-9-10-15-29-18-19(17-21(7-3)30-24(26)27)16-20(22(33-4)12-6-2)13-11-14-23(25)31-32-28/h12-13,18,29,32H,5-11,14-17,28H2,1-4H3,(H2,25,31)(H3,26,27)/b19-18+,20-13-,22-12+,30-21-. The van der Waals surface area contributed by atoms with Crippen molar-refractivity contribution in [1.82, 2.24) is 10.9 Å². The molecule has 0 rings (SSSR count). The van der Waals surface area contributed by atoms with Crippen LogP contribution in [0, 0.1) is 5.41 Å². The van der Waals surface area contributed by atoms with Crippen molar-refractivity contribution in [2.75, 3.05) is 13.7 Å². The Balaban J connectivity index is 5.72. The molecule has 0 saturated heterocycles. The topological polar surface area (TPSA) is 160 Å². The normalized spacial score (nSPS) is 13.8. The van der Waals surface area contributed by atoms with Crippen LogP contribution in [-0.4, -0.2) is 31.2 Å². The summed E-state index contributed by atoms with van der Waals surface area (Å²) in [5.74, 6) is 6.33. The van der Waals surface area contributed by atoms with Crippen LogP contribution in [-0.2, 0) is 4.74 Å². The van der Waals surface area contributed by atoms with Crippen LogP contribution in [0.1, 0.15) is 85.0 Å². The zero-order valence-corrected chi connectivity index (χ0v) is 21.0. The summed E-state index contributed by atoms with van der Waals surface area (Å²) in [5, 5.41) is 14.8. The lowest BCUT2D eigenvalue weighted by atomic mass is 9.97. The van der Waals surface area contributed by atoms with E-state index in [2.05, 4.69) is 53.1 Å². The lowest BCUT2D eigenvalue weighted by molar-refractivity contribution is 0.297. The van der Waals surface area contributed by atoms with Gasteiger partial charge in [0.25, 0.3) is 0 Å². The first-order valence-corrected chi connectivity index (χ1v) is 11.9. The van der Waals surface area contributed by atoms with Crippen molar-refractivity contribution in [1.29, 1.82) is 5.41 Å². The summed E-state index contributed by atoms with van der Waals surface area (Å²) in [4.78, 5) is 4.21. The Bertz CT molecular complexity index is 707. The van der Waals surface area contributed by atoms with E-state index in [-0.39, 0.29) is 5.96 Å². The maximum absolute atomic E-state index is 7.54. The Morgan fingerprint density at radius 3 is 2.39 bits per heavy atom. The number of unbranched alkanes of at least 4 members (excludes halogenated alkanes) is 3. The zero-order chi connectivity index (χ0) is 24.9. The highest BCUT2D eigenvalue weighted by molar-refractivity contribution is 5.96. The highest BCUT2D eigenvalue weighted by atomic mass is 16.5. The summed E-state index contributed by atoms with van der Waals surface area (Å²) < 4.78 is 5.69. The second-order valence-corrected chi connectivity index (χ2v) is 7.77. The monoisotopic (exact) mass is 462 g/mol. The van der Waals surface area contributed by atoms with Crippen LogP contribution in [0.4, 0.5) is 0 Å². The number of ether oxygens (including phenoxy) is 1. The van der Waals surface area contributed by atoms with Crippen LogP contribution in [0.25, 0.3) is 0 Å². The fourth-order valence-electron chi connectivity index (χ4n) is 3.28. The number of methoxy groups -OCH3 is 1. The van der Waals surface area contributed by atoms with Crippen LogP contribution < -0.4 is 28.2 Å². The third kappa shape index (κ3) is 15.6. The van der Waals surface area contributed by atoms with Gasteiger partial charge in [-0.1, -0.05) is 46.1 Å². The summed E-state index contributed by atoms with van der Waals surface area (Å²) in [6, 6.07) is 0. The first kappa shape index (κ1) is 30.2. The van der Waals surface area contributed by atoms with Crippen molar-refractivity contribution in [2.24, 2.45) is 27.4 Å². The lowest BCUT2D eigenvalue weighted by Gasteiger charge is -2.16. The van der Waals surface area contributed by atoms with Gasteiger partial charge in [0.05, 0.1) is 7.11 Å². The number of hydrazine groups is 1. The van der Waals surface area contributed by atoms with E-state index in [1.165, 1.54) is 19.3 Å². The van der Waals surface area contributed by atoms with Gasteiger partial charge in [-0.05, 0) is 55.5 Å². The third-order valence-corrected chi connectivity index (χ3v) is 4.94. The number of guanidine groups is 1. The molecule has 0 saturated carbocycles. The fraction of sp³-hybridized carbons (Fsp3) is 0.625. The van der Waals surface area contributed by atoms with E-state index >= 15 is 0 Å². The molecule has 0 aliphatic heterocycles. The van der Waals surface area contributed by atoms with Gasteiger partial charge in [-0.2, -0.15) is 5.10 Å². The molecule has 0 radical (unpaired) electrons. The molecule has 0 aromatic rings. The van der Waals surface area contributed by atoms with Gasteiger partial charge in [0.1, 0.15) is 11.6 Å². The average Bonchev–Trinajstić information content (AvgIpc) is 2.78. The van der Waals surface area contributed by atoms with Crippen LogP contribution in [0.5, 0.6) is 0 Å². The van der Waals surface area contributed by atoms with Crippen molar-refractivity contribution in [2.45, 2.75) is 85.0 Å². The van der Waals surface area contributed by atoms with Gasteiger partial charge in [-0.25, -0.2) is 16.4 Å². The molecule has 0 aliphatic rings. The molecule has 188 valence electrons. The quantitative estimate of drug-likeness (QED) is 0.0344. The maximum atomic E-state index is 7.54. The van der Waals surface area contributed by atoms with Crippen LogP contribution in [0.2, 0.25) is 0 Å². The molecule has 0 amide bonds. The van der Waals surface area contributed by atoms with E-state index in [1.54, 1.807) is 7.11 Å². The van der Waals surface area contributed by atoms with E-state index in [0.29, 0.717) is 31.5 Å². The molecular formula is C24H46N8O. The van der Waals surface area contributed by atoms with Gasteiger partial charge < -0.3 is 21.5 Å². The molecule has 0 bridgehead atoms. The van der Waals surface area contributed by atoms with E-state index in [1.807, 2.05) is 6.92 Å².